The van der Waals surface area contributed by atoms with Crippen LogP contribution in [0, 0.1) is 6.92 Å². The van der Waals surface area contributed by atoms with Gasteiger partial charge in [0, 0.05) is 34.4 Å². The summed E-state index contributed by atoms with van der Waals surface area (Å²) in [5, 5.41) is 0. The summed E-state index contributed by atoms with van der Waals surface area (Å²) >= 11 is 0. The number of fused-ring (bicyclic) bond motifs is 5. The van der Waals surface area contributed by atoms with Gasteiger partial charge in [-0.3, -0.25) is 0 Å². The third-order valence-electron chi connectivity index (χ3n) is 16.0. The third-order valence-corrected chi connectivity index (χ3v) is 16.0. The maximum absolute atomic E-state index is 9.52. The zero-order valence-corrected chi connectivity index (χ0v) is 46.4. The molecular formula is C70H73N3O+2. The van der Waals surface area contributed by atoms with E-state index in [0.29, 0.717) is 11.1 Å². The molecule has 0 fully saturated rings. The van der Waals surface area contributed by atoms with E-state index in [1.54, 1.807) is 0 Å². The Morgan fingerprint density at radius 2 is 1.08 bits per heavy atom. The number of benzene rings is 7. The average molecular weight is 976 g/mol. The number of rotatable bonds is 4. The molecule has 0 N–H and O–H groups in total. The molecule has 1 atom stereocenters. The van der Waals surface area contributed by atoms with Crippen molar-refractivity contribution in [3.05, 3.63) is 191 Å². The highest BCUT2D eigenvalue weighted by atomic mass is 16.5. The van der Waals surface area contributed by atoms with E-state index in [-0.39, 0.29) is 51.4 Å². The predicted octanol–water partition coefficient (Wildman–Crippen LogP) is 17.2. The lowest BCUT2D eigenvalue weighted by Gasteiger charge is -2.36. The van der Waals surface area contributed by atoms with Crippen LogP contribution in [0.2, 0.25) is 0 Å². The third kappa shape index (κ3) is 7.14. The van der Waals surface area contributed by atoms with Gasteiger partial charge in [0.05, 0.1) is 11.0 Å². The van der Waals surface area contributed by atoms with Gasteiger partial charge in [0.2, 0.25) is 5.69 Å². The molecular weight excluding hydrogens is 899 g/mol. The van der Waals surface area contributed by atoms with Crippen molar-refractivity contribution < 1.29 is 19.4 Å². The summed E-state index contributed by atoms with van der Waals surface area (Å²) in [6.45, 7) is 35.5. The minimum Gasteiger partial charge on any atom is -0.392 e. The van der Waals surface area contributed by atoms with Gasteiger partial charge in [-0.1, -0.05) is 195 Å². The molecule has 0 amide bonds. The average Bonchev–Trinajstić information content (AvgIpc) is 1.79. The van der Waals surface area contributed by atoms with Crippen molar-refractivity contribution in [2.24, 2.45) is 0 Å². The molecule has 1 spiro atoms. The Morgan fingerprint density at radius 3 is 1.72 bits per heavy atom. The second-order valence-corrected chi connectivity index (χ2v) is 26.5. The highest BCUT2D eigenvalue weighted by Crippen LogP contribution is 2.57. The molecule has 0 saturated carbocycles. The van der Waals surface area contributed by atoms with Gasteiger partial charge in [-0.25, -0.2) is 0 Å². The van der Waals surface area contributed by atoms with Crippen molar-refractivity contribution in [1.29, 1.82) is 0 Å². The summed E-state index contributed by atoms with van der Waals surface area (Å²) in [5.74, 6) is 0.530. The van der Waals surface area contributed by atoms with E-state index in [2.05, 4.69) is 225 Å². The van der Waals surface area contributed by atoms with Gasteiger partial charge in [0.25, 0.3) is 0 Å². The second-order valence-electron chi connectivity index (χ2n) is 26.5. The first-order chi connectivity index (χ1) is 36.4. The molecule has 4 heteroatoms. The van der Waals surface area contributed by atoms with Crippen molar-refractivity contribution in [2.75, 3.05) is 0 Å². The van der Waals surface area contributed by atoms with E-state index in [1.807, 2.05) is 26.8 Å². The summed E-state index contributed by atoms with van der Waals surface area (Å²) in [6, 6.07) is 45.0. The minimum absolute atomic E-state index is 0.00859. The Balaban J connectivity index is 1.28. The fourth-order valence-electron chi connectivity index (χ4n) is 11.8. The first-order valence-electron chi connectivity index (χ1n) is 28.6. The van der Waals surface area contributed by atoms with E-state index >= 15 is 0 Å². The molecule has 1 unspecified atom stereocenters. The zero-order chi connectivity index (χ0) is 55.9. The molecule has 0 aliphatic carbocycles. The Morgan fingerprint density at radius 1 is 0.473 bits per heavy atom. The fraction of sp³-hybridized carbons (Fsp3) is 0.314. The number of ether oxygens (including phenoxy) is 1. The van der Waals surface area contributed by atoms with E-state index in [9.17, 15) is 5.48 Å². The maximum Gasteiger partial charge on any atom is 0.499 e. The molecule has 3 aliphatic rings. The number of hydrogen-bond acceptors (Lipinski definition) is 1. The van der Waals surface area contributed by atoms with E-state index in [4.69, 9.17) is 4.74 Å². The number of imidazole rings is 1. The van der Waals surface area contributed by atoms with Crippen LogP contribution in [0.5, 0.6) is 5.75 Å². The molecule has 5 heterocycles. The number of aryl methyl sites for hydroxylation is 1. The molecule has 12 rings (SSSR count). The zero-order valence-electron chi connectivity index (χ0n) is 50.4. The number of hydrogen-bond donors (Lipinski definition) is 0. The molecule has 372 valence electrons. The molecule has 0 bridgehead atoms. The number of nitrogens with zero attached hydrogens (tertiary/aromatic N) is 3. The van der Waals surface area contributed by atoms with Crippen LogP contribution in [0.4, 0.5) is 0 Å². The van der Waals surface area contributed by atoms with E-state index in [0.717, 1.165) is 89.6 Å². The number of pyridine rings is 1. The lowest BCUT2D eigenvalue weighted by molar-refractivity contribution is -0.997. The van der Waals surface area contributed by atoms with Crippen molar-refractivity contribution >= 4 is 11.0 Å². The number of aromatic nitrogens is 3. The largest absolute Gasteiger partial charge is 0.499 e. The Labute approximate surface area is 446 Å². The van der Waals surface area contributed by atoms with Crippen molar-refractivity contribution in [3.63, 3.8) is 0 Å². The highest BCUT2D eigenvalue weighted by molar-refractivity contribution is 5.99. The maximum atomic E-state index is 9.52. The lowest BCUT2D eigenvalue weighted by Crippen LogP contribution is -2.78. The van der Waals surface area contributed by atoms with Gasteiger partial charge in [-0.2, -0.15) is 4.57 Å². The van der Waals surface area contributed by atoms with Crippen molar-refractivity contribution in [1.82, 2.24) is 4.57 Å². The Bertz CT molecular complexity index is 4030. The van der Waals surface area contributed by atoms with Crippen molar-refractivity contribution in [2.45, 2.75) is 144 Å². The van der Waals surface area contributed by atoms with Crippen molar-refractivity contribution in [3.8, 4) is 78.6 Å². The van der Waals surface area contributed by atoms with Crippen LogP contribution in [0.15, 0.2) is 152 Å². The van der Waals surface area contributed by atoms with Crippen LogP contribution >= 0.6 is 0 Å². The summed E-state index contributed by atoms with van der Waals surface area (Å²) < 4.78 is 53.2. The molecule has 4 nitrogen and oxygen atoms in total. The topological polar surface area (TPSA) is 21.9 Å². The lowest BCUT2D eigenvalue weighted by atomic mass is 9.78. The predicted molar refractivity (Wildman–Crippen MR) is 308 cm³/mol. The monoisotopic (exact) mass is 976 g/mol. The second kappa shape index (κ2) is 15.7. The van der Waals surface area contributed by atoms with Gasteiger partial charge in [0.15, 0.2) is 23.0 Å². The van der Waals surface area contributed by atoms with E-state index < -0.39 is 11.3 Å². The van der Waals surface area contributed by atoms with Gasteiger partial charge >= 0.3 is 11.7 Å². The smallest absolute Gasteiger partial charge is 0.392 e. The molecule has 7 aromatic carbocycles. The summed E-state index contributed by atoms with van der Waals surface area (Å²) in [6.07, 6.45) is 2.08. The van der Waals surface area contributed by atoms with Crippen LogP contribution in [0.1, 0.15) is 148 Å². The summed E-state index contributed by atoms with van der Waals surface area (Å²) in [7, 11) is 0. The normalized spacial score (nSPS) is 16.5. The first kappa shape index (κ1) is 43.4. The molecule has 3 aliphatic heterocycles. The van der Waals surface area contributed by atoms with Crippen LogP contribution in [-0.4, -0.2) is 4.57 Å². The van der Waals surface area contributed by atoms with Crippen LogP contribution in [0.25, 0.3) is 83.9 Å². The summed E-state index contributed by atoms with van der Waals surface area (Å²) in [4.78, 5) is 0. The first-order valence-corrected chi connectivity index (χ1v) is 26.6. The highest BCUT2D eigenvalue weighted by Gasteiger charge is 2.69. The van der Waals surface area contributed by atoms with E-state index in [1.165, 1.54) is 22.3 Å². The van der Waals surface area contributed by atoms with Crippen LogP contribution < -0.4 is 13.9 Å². The SMILES string of the molecule is [2H]c1c([2H])c(C(C)(C)C)c([2H])c([2H])c1-c1cc[n+]2c(c1)-c1cc(C(C)(C)C)cc3c1C21Oc2c(cc(C(C)(C)C)cc2C(C)(C)C)-c2n(-c4cc(-c5ccccc5)c(C)cc4-c4ccc(C(C)(C)C)cc4)c4cccc-3c4[n+]21. The van der Waals surface area contributed by atoms with Gasteiger partial charge < -0.3 is 4.74 Å². The molecule has 74 heavy (non-hydrogen) atoms. The Hall–Kier alpha value is -7.04. The Kier molecular flexibility index (Phi) is 9.23. The van der Waals surface area contributed by atoms with Gasteiger partial charge in [-0.15, -0.1) is 9.13 Å². The molecule has 9 aromatic rings. The standard InChI is InChI=1S/C70H73N3O/c1-42-35-53(45-27-31-48(32-28-45)66(5,6)7)60(41-52(42)44-21-18-17-19-22-44)72-58-24-20-23-51-54-37-49(67(8,9)10)38-55-59-36-46(43-25-29-47(30-26-43)65(2,3)4)33-34-71(59)70(61(54)55)73(62(51)58)64(72)56-39-50(68(11,12)13)40-57(63(56)74-70)69(14,15)16/h17-41H,1-16H3/q+2/i25D,26D,29D,30D. The minimum atomic E-state index is -1.30. The summed E-state index contributed by atoms with van der Waals surface area (Å²) in [5.41, 5.74) is 19.7. The molecule has 2 aromatic heterocycles. The van der Waals surface area contributed by atoms with Gasteiger partial charge in [-0.05, 0) is 132 Å². The molecule has 0 radical (unpaired) electrons. The van der Waals surface area contributed by atoms with Crippen LogP contribution in [0.3, 0.4) is 0 Å². The molecule has 0 saturated heterocycles. The fourth-order valence-corrected chi connectivity index (χ4v) is 11.8. The van der Waals surface area contributed by atoms with Crippen LogP contribution in [-0.2, 0) is 32.9 Å². The van der Waals surface area contributed by atoms with Gasteiger partial charge in [0.1, 0.15) is 16.8 Å². The quantitative estimate of drug-likeness (QED) is 0.161. The number of para-hydroxylation sites is 1.